The molecule has 0 bridgehead atoms. The predicted molar refractivity (Wildman–Crippen MR) is 95.5 cm³/mol. The van der Waals surface area contributed by atoms with Crippen molar-refractivity contribution in [1.29, 1.82) is 0 Å². The lowest BCUT2D eigenvalue weighted by Crippen LogP contribution is -3.16. The van der Waals surface area contributed by atoms with Crippen molar-refractivity contribution in [1.82, 2.24) is 4.98 Å². The third-order valence-electron chi connectivity index (χ3n) is 4.15. The summed E-state index contributed by atoms with van der Waals surface area (Å²) in [6.45, 7) is 6.12. The molecule has 1 fully saturated rings. The van der Waals surface area contributed by atoms with Gasteiger partial charge in [0.05, 0.1) is 0 Å². The summed E-state index contributed by atoms with van der Waals surface area (Å²) in [6, 6.07) is 6.70. The van der Waals surface area contributed by atoms with Crippen LogP contribution in [0.2, 0.25) is 0 Å². The van der Waals surface area contributed by atoms with Crippen LogP contribution in [0.25, 0.3) is 0 Å². The summed E-state index contributed by atoms with van der Waals surface area (Å²) < 4.78 is 19.4. The van der Waals surface area contributed by atoms with E-state index in [1.165, 1.54) is 22.3 Å². The second-order valence-electron chi connectivity index (χ2n) is 6.54. The SMILES string of the molecule is C[C@@H]1C[NH+](CC(=O)Nc2ncc(Cc3ccccc3F)s2)C[C@H](C)O1. The summed E-state index contributed by atoms with van der Waals surface area (Å²) in [5.74, 6) is -0.274. The fourth-order valence-electron chi connectivity index (χ4n) is 3.20. The van der Waals surface area contributed by atoms with E-state index in [9.17, 15) is 9.18 Å². The number of ether oxygens (including phenoxy) is 1. The molecule has 1 aromatic heterocycles. The number of rotatable bonds is 5. The van der Waals surface area contributed by atoms with Crippen molar-refractivity contribution in [2.24, 2.45) is 0 Å². The second kappa shape index (κ2) is 8.03. The minimum atomic E-state index is -0.222. The van der Waals surface area contributed by atoms with Crippen LogP contribution in [0.4, 0.5) is 9.52 Å². The molecule has 7 heteroatoms. The molecule has 2 heterocycles. The maximum Gasteiger partial charge on any atom is 0.281 e. The van der Waals surface area contributed by atoms with Crippen LogP contribution < -0.4 is 10.2 Å². The zero-order valence-corrected chi connectivity index (χ0v) is 15.2. The van der Waals surface area contributed by atoms with Gasteiger partial charge in [-0.3, -0.25) is 10.1 Å². The first-order valence-corrected chi connectivity index (χ1v) is 9.28. The summed E-state index contributed by atoms with van der Waals surface area (Å²) in [4.78, 5) is 18.6. The summed E-state index contributed by atoms with van der Waals surface area (Å²) in [6.07, 6.45) is 2.50. The maximum atomic E-state index is 13.7. The van der Waals surface area contributed by atoms with Gasteiger partial charge >= 0.3 is 0 Å². The summed E-state index contributed by atoms with van der Waals surface area (Å²) >= 11 is 1.38. The van der Waals surface area contributed by atoms with E-state index in [2.05, 4.69) is 10.3 Å². The van der Waals surface area contributed by atoms with Crippen molar-refractivity contribution in [3.63, 3.8) is 0 Å². The van der Waals surface area contributed by atoms with Gasteiger partial charge in [0.15, 0.2) is 11.7 Å². The van der Waals surface area contributed by atoms with Gasteiger partial charge in [-0.2, -0.15) is 0 Å². The summed E-state index contributed by atoms with van der Waals surface area (Å²) in [5.41, 5.74) is 0.629. The highest BCUT2D eigenvalue weighted by Gasteiger charge is 2.27. The van der Waals surface area contributed by atoms with E-state index in [0.717, 1.165) is 18.0 Å². The van der Waals surface area contributed by atoms with E-state index in [4.69, 9.17) is 4.74 Å². The molecule has 5 nitrogen and oxygen atoms in total. The van der Waals surface area contributed by atoms with Crippen LogP contribution in [0, 0.1) is 5.82 Å². The van der Waals surface area contributed by atoms with Gasteiger partial charge in [-0.05, 0) is 25.5 Å². The van der Waals surface area contributed by atoms with Gasteiger partial charge in [0, 0.05) is 17.5 Å². The first-order chi connectivity index (χ1) is 12.0. The standard InChI is InChI=1S/C18H22FN3O2S/c1-12-9-22(10-13(2)24-12)11-17(23)21-18-20-8-15(25-18)7-14-5-3-4-6-16(14)19/h3-6,8,12-13H,7,9-11H2,1-2H3,(H,20,21,23)/p+1/t12-,13+. The molecule has 1 aliphatic rings. The van der Waals surface area contributed by atoms with Crippen molar-refractivity contribution in [3.8, 4) is 0 Å². The third-order valence-corrected chi connectivity index (χ3v) is 5.06. The van der Waals surface area contributed by atoms with Crippen LogP contribution >= 0.6 is 11.3 Å². The fourth-order valence-corrected chi connectivity index (χ4v) is 4.05. The van der Waals surface area contributed by atoms with E-state index in [0.29, 0.717) is 23.7 Å². The number of anilines is 1. The Hall–Kier alpha value is -1.83. The minimum Gasteiger partial charge on any atom is -0.364 e. The minimum absolute atomic E-state index is 0.0527. The fraction of sp³-hybridized carbons (Fsp3) is 0.444. The number of quaternary nitrogens is 1. The van der Waals surface area contributed by atoms with Crippen LogP contribution in [0.1, 0.15) is 24.3 Å². The predicted octanol–water partition coefficient (Wildman–Crippen LogP) is 1.50. The molecule has 1 saturated heterocycles. The van der Waals surface area contributed by atoms with Crippen LogP contribution in [-0.4, -0.2) is 42.7 Å². The second-order valence-corrected chi connectivity index (χ2v) is 7.66. The molecule has 3 rings (SSSR count). The number of amides is 1. The normalized spacial score (nSPS) is 23.4. The van der Waals surface area contributed by atoms with Crippen molar-refractivity contribution in [3.05, 3.63) is 46.7 Å². The lowest BCUT2D eigenvalue weighted by atomic mass is 10.1. The highest BCUT2D eigenvalue weighted by Crippen LogP contribution is 2.22. The molecule has 134 valence electrons. The zero-order chi connectivity index (χ0) is 17.8. The molecule has 1 amide bonds. The molecule has 2 N–H and O–H groups in total. The van der Waals surface area contributed by atoms with E-state index in [-0.39, 0.29) is 23.9 Å². The molecule has 0 spiro atoms. The monoisotopic (exact) mass is 364 g/mol. The average molecular weight is 364 g/mol. The molecule has 0 aliphatic carbocycles. The number of nitrogens with zero attached hydrogens (tertiary/aromatic N) is 1. The van der Waals surface area contributed by atoms with E-state index < -0.39 is 0 Å². The smallest absolute Gasteiger partial charge is 0.281 e. The number of hydrogen-bond acceptors (Lipinski definition) is 4. The molecule has 1 aliphatic heterocycles. The number of carbonyl (C=O) groups excluding carboxylic acids is 1. The molecule has 25 heavy (non-hydrogen) atoms. The van der Waals surface area contributed by atoms with E-state index in [1.807, 2.05) is 19.9 Å². The Bertz CT molecular complexity index is 727. The van der Waals surface area contributed by atoms with Gasteiger partial charge in [0.1, 0.15) is 31.1 Å². The summed E-state index contributed by atoms with van der Waals surface area (Å²) in [5, 5.41) is 3.41. The first kappa shape index (κ1) is 18.0. The highest BCUT2D eigenvalue weighted by molar-refractivity contribution is 7.15. The largest absolute Gasteiger partial charge is 0.364 e. The van der Waals surface area contributed by atoms with Gasteiger partial charge in [0.25, 0.3) is 5.91 Å². The number of morpholine rings is 1. The molecule has 1 unspecified atom stereocenters. The first-order valence-electron chi connectivity index (χ1n) is 8.46. The Labute approximate surface area is 150 Å². The van der Waals surface area contributed by atoms with Gasteiger partial charge in [-0.1, -0.05) is 18.2 Å². The molecule has 0 radical (unpaired) electrons. The lowest BCUT2D eigenvalue weighted by Gasteiger charge is -2.31. The maximum absolute atomic E-state index is 13.7. The topological polar surface area (TPSA) is 55.7 Å². The molecule has 3 atom stereocenters. The van der Waals surface area contributed by atoms with Crippen molar-refractivity contribution < 1.29 is 18.8 Å². The van der Waals surface area contributed by atoms with Crippen LogP contribution in [0.3, 0.4) is 0 Å². The number of benzene rings is 1. The molecule has 0 saturated carbocycles. The average Bonchev–Trinajstić information content (AvgIpc) is 2.95. The molecule has 1 aromatic carbocycles. The summed E-state index contributed by atoms with van der Waals surface area (Å²) in [7, 11) is 0. The number of aromatic nitrogens is 1. The number of halogens is 1. The third kappa shape index (κ3) is 5.07. The van der Waals surface area contributed by atoms with Crippen LogP contribution in [0.15, 0.2) is 30.5 Å². The van der Waals surface area contributed by atoms with Gasteiger partial charge in [-0.25, -0.2) is 9.37 Å². The number of thiazole rings is 1. The molecule has 2 aromatic rings. The Morgan fingerprint density at radius 1 is 1.36 bits per heavy atom. The van der Waals surface area contributed by atoms with Gasteiger partial charge < -0.3 is 9.64 Å². The van der Waals surface area contributed by atoms with Crippen LogP contribution in [-0.2, 0) is 16.0 Å². The van der Waals surface area contributed by atoms with Crippen molar-refractivity contribution >= 4 is 22.4 Å². The van der Waals surface area contributed by atoms with Crippen LogP contribution in [0.5, 0.6) is 0 Å². The lowest BCUT2D eigenvalue weighted by molar-refractivity contribution is -0.907. The Balaban J connectivity index is 1.54. The number of carbonyl (C=O) groups is 1. The van der Waals surface area contributed by atoms with E-state index in [1.54, 1.807) is 18.3 Å². The Morgan fingerprint density at radius 3 is 2.80 bits per heavy atom. The van der Waals surface area contributed by atoms with E-state index >= 15 is 0 Å². The molecular formula is C18H23FN3O2S+. The Kier molecular flexibility index (Phi) is 5.78. The quantitative estimate of drug-likeness (QED) is 0.846. The van der Waals surface area contributed by atoms with Gasteiger partial charge in [0.2, 0.25) is 0 Å². The highest BCUT2D eigenvalue weighted by atomic mass is 32.1. The number of nitrogens with one attached hydrogen (secondary N) is 2. The Morgan fingerprint density at radius 2 is 2.08 bits per heavy atom. The van der Waals surface area contributed by atoms with Crippen molar-refractivity contribution in [2.45, 2.75) is 32.5 Å². The number of hydrogen-bond donors (Lipinski definition) is 2. The van der Waals surface area contributed by atoms with Crippen molar-refractivity contribution in [2.75, 3.05) is 25.0 Å². The zero-order valence-electron chi connectivity index (χ0n) is 14.4. The molecular weight excluding hydrogens is 341 g/mol. The van der Waals surface area contributed by atoms with Gasteiger partial charge in [-0.15, -0.1) is 11.3 Å².